The molecule has 1 aromatic rings. The Labute approximate surface area is 86.6 Å². The van der Waals surface area contributed by atoms with Gasteiger partial charge in [0.2, 0.25) is 0 Å². The first kappa shape index (κ1) is 11.0. The van der Waals surface area contributed by atoms with Gasteiger partial charge in [-0.3, -0.25) is 5.10 Å². The molecule has 1 aromatic heterocycles. The highest BCUT2D eigenvalue weighted by Crippen LogP contribution is 2.24. The second kappa shape index (κ2) is 4.43. The fourth-order valence-corrected chi connectivity index (χ4v) is 1.37. The minimum absolute atomic E-state index is 0.0356. The summed E-state index contributed by atoms with van der Waals surface area (Å²) in [5, 5.41) is 6.73. The van der Waals surface area contributed by atoms with Crippen LogP contribution in [-0.2, 0) is 4.74 Å². The number of methoxy groups -OCH3 is 1. The summed E-state index contributed by atoms with van der Waals surface area (Å²) in [4.78, 5) is 11.1. The van der Waals surface area contributed by atoms with E-state index in [2.05, 4.69) is 14.9 Å². The number of rotatable bonds is 3. The minimum Gasteiger partial charge on any atom is -0.464 e. The molecule has 1 rings (SSSR count). The zero-order chi connectivity index (χ0) is 10.7. The molecule has 3 N–H and O–H groups in total. The van der Waals surface area contributed by atoms with Gasteiger partial charge in [-0.2, -0.15) is 5.10 Å². The highest BCUT2D eigenvalue weighted by atomic mass is 35.5. The van der Waals surface area contributed by atoms with Gasteiger partial charge < -0.3 is 10.5 Å². The number of esters is 1. The van der Waals surface area contributed by atoms with Gasteiger partial charge in [-0.25, -0.2) is 4.79 Å². The highest BCUT2D eigenvalue weighted by molar-refractivity contribution is 6.34. The largest absolute Gasteiger partial charge is 0.464 e. The number of nitrogens with zero attached hydrogens (tertiary/aromatic N) is 1. The maximum atomic E-state index is 11.1. The van der Waals surface area contributed by atoms with Crippen molar-refractivity contribution in [2.45, 2.75) is 12.8 Å². The normalized spacial score (nSPS) is 12.6. The zero-order valence-electron chi connectivity index (χ0n) is 8.00. The Morgan fingerprint density at radius 2 is 2.43 bits per heavy atom. The lowest BCUT2D eigenvalue weighted by Gasteiger charge is -2.04. The van der Waals surface area contributed by atoms with Gasteiger partial charge in [0, 0.05) is 12.5 Å². The van der Waals surface area contributed by atoms with Crippen LogP contribution >= 0.6 is 11.6 Å². The van der Waals surface area contributed by atoms with E-state index < -0.39 is 5.97 Å². The molecule has 0 radical (unpaired) electrons. The maximum absolute atomic E-state index is 11.1. The van der Waals surface area contributed by atoms with E-state index in [1.54, 1.807) is 0 Å². The highest BCUT2D eigenvalue weighted by Gasteiger charge is 2.20. The summed E-state index contributed by atoms with van der Waals surface area (Å²) in [6.07, 6.45) is 0. The van der Waals surface area contributed by atoms with Crippen LogP contribution in [0.4, 0.5) is 0 Å². The number of ether oxygens (including phenoxy) is 1. The number of hydrogen-bond donors (Lipinski definition) is 2. The van der Waals surface area contributed by atoms with E-state index in [1.807, 2.05) is 6.92 Å². The molecule has 0 spiro atoms. The Hall–Kier alpha value is -1.07. The van der Waals surface area contributed by atoms with Crippen molar-refractivity contribution in [2.75, 3.05) is 13.7 Å². The Balaban J connectivity index is 3.02. The van der Waals surface area contributed by atoms with E-state index in [4.69, 9.17) is 17.3 Å². The van der Waals surface area contributed by atoms with Gasteiger partial charge in [0.25, 0.3) is 0 Å². The molecule has 5 nitrogen and oxygen atoms in total. The summed E-state index contributed by atoms with van der Waals surface area (Å²) in [7, 11) is 1.28. The predicted molar refractivity (Wildman–Crippen MR) is 52.4 cm³/mol. The Bertz CT molecular complexity index is 337. The number of nitrogens with one attached hydrogen (secondary N) is 1. The lowest BCUT2D eigenvalue weighted by Crippen LogP contribution is -2.09. The van der Waals surface area contributed by atoms with E-state index in [0.29, 0.717) is 12.2 Å². The van der Waals surface area contributed by atoms with Crippen LogP contribution < -0.4 is 5.73 Å². The summed E-state index contributed by atoms with van der Waals surface area (Å²) in [5.74, 6) is -0.518. The third kappa shape index (κ3) is 1.88. The van der Waals surface area contributed by atoms with E-state index in [9.17, 15) is 4.79 Å². The molecule has 1 unspecified atom stereocenters. The van der Waals surface area contributed by atoms with Crippen LogP contribution in [0.25, 0.3) is 0 Å². The van der Waals surface area contributed by atoms with E-state index >= 15 is 0 Å². The number of aromatic nitrogens is 2. The standard InChI is InChI=1S/C8H12ClN3O2/c1-4(3-10)6-5(9)7(12-11-6)8(13)14-2/h4H,3,10H2,1-2H3,(H,11,12). The van der Waals surface area contributed by atoms with Gasteiger partial charge in [0.05, 0.1) is 17.8 Å². The number of carbonyl (C=O) groups is 1. The van der Waals surface area contributed by atoms with Crippen LogP contribution in [-0.4, -0.2) is 29.8 Å². The molecule has 0 saturated carbocycles. The second-order valence-corrected chi connectivity index (χ2v) is 3.31. The lowest BCUT2D eigenvalue weighted by molar-refractivity contribution is 0.0594. The second-order valence-electron chi connectivity index (χ2n) is 2.93. The number of carbonyl (C=O) groups excluding carboxylic acids is 1. The third-order valence-corrected chi connectivity index (χ3v) is 2.34. The maximum Gasteiger partial charge on any atom is 0.360 e. The Morgan fingerprint density at radius 3 is 2.93 bits per heavy atom. The Kier molecular flexibility index (Phi) is 3.49. The molecule has 0 aliphatic carbocycles. The van der Waals surface area contributed by atoms with Crippen molar-refractivity contribution in [3.8, 4) is 0 Å². The fraction of sp³-hybridized carbons (Fsp3) is 0.500. The van der Waals surface area contributed by atoms with E-state index in [-0.39, 0.29) is 16.6 Å². The molecular weight excluding hydrogens is 206 g/mol. The average molecular weight is 218 g/mol. The minimum atomic E-state index is -0.554. The van der Waals surface area contributed by atoms with Crippen molar-refractivity contribution in [3.05, 3.63) is 16.4 Å². The third-order valence-electron chi connectivity index (χ3n) is 1.96. The quantitative estimate of drug-likeness (QED) is 0.738. The summed E-state index contributed by atoms with van der Waals surface area (Å²) in [5.41, 5.74) is 6.23. The summed E-state index contributed by atoms with van der Waals surface area (Å²) < 4.78 is 4.51. The molecule has 0 fully saturated rings. The smallest absolute Gasteiger partial charge is 0.360 e. The molecule has 0 bridgehead atoms. The number of H-pyrrole nitrogens is 1. The number of nitrogens with two attached hydrogens (primary N) is 1. The SMILES string of the molecule is COC(=O)c1n[nH]c(C(C)CN)c1Cl. The van der Waals surface area contributed by atoms with Crippen LogP contribution in [0.1, 0.15) is 29.0 Å². The molecule has 0 aliphatic heterocycles. The predicted octanol–water partition coefficient (Wildman–Crippen LogP) is 0.912. The molecule has 1 atom stereocenters. The first-order valence-corrected chi connectivity index (χ1v) is 4.51. The zero-order valence-corrected chi connectivity index (χ0v) is 8.76. The Morgan fingerprint density at radius 1 is 1.79 bits per heavy atom. The van der Waals surface area contributed by atoms with Crippen molar-refractivity contribution < 1.29 is 9.53 Å². The molecule has 0 aliphatic rings. The fourth-order valence-electron chi connectivity index (χ4n) is 1.02. The van der Waals surface area contributed by atoms with Crippen molar-refractivity contribution in [1.29, 1.82) is 0 Å². The first-order chi connectivity index (χ1) is 6.61. The summed E-state index contributed by atoms with van der Waals surface area (Å²) in [6, 6.07) is 0. The van der Waals surface area contributed by atoms with E-state index in [1.165, 1.54) is 7.11 Å². The summed E-state index contributed by atoms with van der Waals surface area (Å²) >= 11 is 5.92. The molecule has 14 heavy (non-hydrogen) atoms. The van der Waals surface area contributed by atoms with Gasteiger partial charge in [-0.15, -0.1) is 0 Å². The number of hydrogen-bond acceptors (Lipinski definition) is 4. The molecule has 1 heterocycles. The van der Waals surface area contributed by atoms with Gasteiger partial charge in [0.15, 0.2) is 5.69 Å². The van der Waals surface area contributed by atoms with Crippen molar-refractivity contribution in [1.82, 2.24) is 10.2 Å². The average Bonchev–Trinajstić information content (AvgIpc) is 2.58. The van der Waals surface area contributed by atoms with Crippen molar-refractivity contribution in [2.24, 2.45) is 5.73 Å². The van der Waals surface area contributed by atoms with Crippen LogP contribution in [0, 0.1) is 0 Å². The van der Waals surface area contributed by atoms with Crippen molar-refractivity contribution >= 4 is 17.6 Å². The summed E-state index contributed by atoms with van der Waals surface area (Å²) in [6.45, 7) is 2.32. The first-order valence-electron chi connectivity index (χ1n) is 4.14. The number of aromatic amines is 1. The topological polar surface area (TPSA) is 81.0 Å². The van der Waals surface area contributed by atoms with Gasteiger partial charge in [0.1, 0.15) is 0 Å². The van der Waals surface area contributed by atoms with Crippen molar-refractivity contribution in [3.63, 3.8) is 0 Å². The molecule has 0 aromatic carbocycles. The van der Waals surface area contributed by atoms with Gasteiger partial charge >= 0.3 is 5.97 Å². The monoisotopic (exact) mass is 217 g/mol. The number of halogens is 1. The van der Waals surface area contributed by atoms with Gasteiger partial charge in [-0.1, -0.05) is 18.5 Å². The molecule has 6 heteroatoms. The molecule has 0 amide bonds. The molecule has 0 saturated heterocycles. The molecule has 78 valence electrons. The van der Waals surface area contributed by atoms with Crippen LogP contribution in [0.15, 0.2) is 0 Å². The van der Waals surface area contributed by atoms with Gasteiger partial charge in [-0.05, 0) is 0 Å². The van der Waals surface area contributed by atoms with Crippen LogP contribution in [0.3, 0.4) is 0 Å². The van der Waals surface area contributed by atoms with Crippen LogP contribution in [0.5, 0.6) is 0 Å². The van der Waals surface area contributed by atoms with E-state index in [0.717, 1.165) is 0 Å². The molecular formula is C8H12ClN3O2. The lowest BCUT2D eigenvalue weighted by atomic mass is 10.1. The van der Waals surface area contributed by atoms with Crippen LogP contribution in [0.2, 0.25) is 5.02 Å².